The molecule has 1 aliphatic heterocycles. The molecule has 0 saturated heterocycles. The first-order chi connectivity index (χ1) is 11.5. The molecule has 128 valence electrons. The Morgan fingerprint density at radius 3 is 2.79 bits per heavy atom. The molecule has 2 aromatic rings. The van der Waals surface area contributed by atoms with Gasteiger partial charge in [0, 0.05) is 46.5 Å². The van der Waals surface area contributed by atoms with E-state index in [9.17, 15) is 9.18 Å². The number of amides is 2. The molecule has 3 rings (SSSR count). The standard InChI is InChI=1S/C17H22FN5O/c1-21(2)17(24)19-9-16-12-22(11-15-7-8-20-23(15)16)10-13-3-5-14(18)6-4-13/h3-8,16H,9-12H2,1-2H3,(H,19,24)/t16-/m0/s1. The minimum atomic E-state index is -0.222. The number of aromatic nitrogens is 2. The lowest BCUT2D eigenvalue weighted by Gasteiger charge is -2.34. The number of carbonyl (C=O) groups excluding carboxylic acids is 1. The van der Waals surface area contributed by atoms with E-state index in [1.165, 1.54) is 17.0 Å². The summed E-state index contributed by atoms with van der Waals surface area (Å²) in [5.41, 5.74) is 2.19. The van der Waals surface area contributed by atoms with E-state index in [4.69, 9.17) is 0 Å². The van der Waals surface area contributed by atoms with Crippen molar-refractivity contribution in [2.24, 2.45) is 0 Å². The predicted molar refractivity (Wildman–Crippen MR) is 88.9 cm³/mol. The van der Waals surface area contributed by atoms with E-state index in [2.05, 4.69) is 15.3 Å². The van der Waals surface area contributed by atoms with Crippen LogP contribution in [0.4, 0.5) is 9.18 Å². The molecule has 1 atom stereocenters. The van der Waals surface area contributed by atoms with Crippen molar-refractivity contribution in [3.63, 3.8) is 0 Å². The van der Waals surface area contributed by atoms with E-state index in [0.717, 1.165) is 30.9 Å². The Morgan fingerprint density at radius 2 is 2.08 bits per heavy atom. The third-order valence-electron chi connectivity index (χ3n) is 4.17. The molecule has 1 N–H and O–H groups in total. The normalized spacial score (nSPS) is 17.4. The second-order valence-electron chi connectivity index (χ2n) is 6.30. The molecule has 2 amide bonds. The summed E-state index contributed by atoms with van der Waals surface area (Å²) in [5.74, 6) is -0.222. The number of fused-ring (bicyclic) bond motifs is 1. The lowest BCUT2D eigenvalue weighted by molar-refractivity contribution is 0.162. The van der Waals surface area contributed by atoms with E-state index < -0.39 is 0 Å². The van der Waals surface area contributed by atoms with Gasteiger partial charge in [-0.15, -0.1) is 0 Å². The smallest absolute Gasteiger partial charge is 0.316 e. The number of urea groups is 1. The molecule has 0 fully saturated rings. The number of nitrogens with one attached hydrogen (secondary N) is 1. The van der Waals surface area contributed by atoms with Crippen molar-refractivity contribution in [3.05, 3.63) is 53.6 Å². The largest absolute Gasteiger partial charge is 0.336 e. The van der Waals surface area contributed by atoms with Gasteiger partial charge in [-0.3, -0.25) is 9.58 Å². The minimum absolute atomic E-state index is 0.0769. The average Bonchev–Trinajstić information content (AvgIpc) is 3.03. The van der Waals surface area contributed by atoms with Gasteiger partial charge in [0.25, 0.3) is 0 Å². The molecule has 0 unspecified atom stereocenters. The third-order valence-corrected chi connectivity index (χ3v) is 4.17. The van der Waals surface area contributed by atoms with Crippen LogP contribution in [0.2, 0.25) is 0 Å². The second kappa shape index (κ2) is 7.00. The monoisotopic (exact) mass is 331 g/mol. The summed E-state index contributed by atoms with van der Waals surface area (Å²) in [6.45, 7) is 2.82. The van der Waals surface area contributed by atoms with Gasteiger partial charge in [0.2, 0.25) is 0 Å². The number of rotatable bonds is 4. The number of nitrogens with zero attached hydrogens (tertiary/aromatic N) is 4. The number of hydrogen-bond acceptors (Lipinski definition) is 3. The minimum Gasteiger partial charge on any atom is -0.336 e. The SMILES string of the molecule is CN(C)C(=O)NC[C@H]1CN(Cc2ccc(F)cc2)Cc2ccnn21. The van der Waals surface area contributed by atoms with Crippen LogP contribution >= 0.6 is 0 Å². The van der Waals surface area contributed by atoms with Crippen LogP contribution in [-0.4, -0.2) is 52.8 Å². The molecule has 1 aromatic carbocycles. The fourth-order valence-electron chi connectivity index (χ4n) is 2.95. The van der Waals surface area contributed by atoms with Gasteiger partial charge in [-0.05, 0) is 23.8 Å². The highest BCUT2D eigenvalue weighted by molar-refractivity contribution is 5.73. The zero-order valence-electron chi connectivity index (χ0n) is 13.9. The molecule has 24 heavy (non-hydrogen) atoms. The first kappa shape index (κ1) is 16.4. The number of hydrogen-bond donors (Lipinski definition) is 1. The van der Waals surface area contributed by atoms with Gasteiger partial charge in [-0.2, -0.15) is 5.10 Å². The molecule has 0 bridgehead atoms. The molecule has 0 saturated carbocycles. The van der Waals surface area contributed by atoms with Crippen molar-refractivity contribution >= 4 is 6.03 Å². The van der Waals surface area contributed by atoms with Crippen LogP contribution in [0.5, 0.6) is 0 Å². The van der Waals surface area contributed by atoms with Gasteiger partial charge < -0.3 is 10.2 Å². The van der Waals surface area contributed by atoms with Crippen molar-refractivity contribution in [1.82, 2.24) is 24.9 Å². The molecule has 2 heterocycles. The van der Waals surface area contributed by atoms with Gasteiger partial charge in [-0.1, -0.05) is 12.1 Å². The molecule has 0 radical (unpaired) electrons. The zero-order chi connectivity index (χ0) is 17.1. The fourth-order valence-corrected chi connectivity index (χ4v) is 2.95. The van der Waals surface area contributed by atoms with Crippen LogP contribution in [0.1, 0.15) is 17.3 Å². The van der Waals surface area contributed by atoms with E-state index in [-0.39, 0.29) is 17.9 Å². The maximum Gasteiger partial charge on any atom is 0.316 e. The number of halogens is 1. The number of benzene rings is 1. The summed E-state index contributed by atoms with van der Waals surface area (Å²) in [6.07, 6.45) is 1.79. The van der Waals surface area contributed by atoms with Gasteiger partial charge in [-0.25, -0.2) is 9.18 Å². The lowest BCUT2D eigenvalue weighted by Crippen LogP contribution is -2.44. The van der Waals surface area contributed by atoms with Crippen LogP contribution in [0.15, 0.2) is 36.5 Å². The fraction of sp³-hybridized carbons (Fsp3) is 0.412. The van der Waals surface area contributed by atoms with Gasteiger partial charge in [0.15, 0.2) is 0 Å². The summed E-state index contributed by atoms with van der Waals surface area (Å²) < 4.78 is 15.0. The van der Waals surface area contributed by atoms with E-state index in [1.54, 1.807) is 20.3 Å². The highest BCUT2D eigenvalue weighted by Crippen LogP contribution is 2.21. The molecule has 0 spiro atoms. The zero-order valence-corrected chi connectivity index (χ0v) is 13.9. The summed E-state index contributed by atoms with van der Waals surface area (Å²) in [7, 11) is 3.44. The highest BCUT2D eigenvalue weighted by Gasteiger charge is 2.26. The summed E-state index contributed by atoms with van der Waals surface area (Å²) >= 11 is 0. The van der Waals surface area contributed by atoms with Crippen molar-refractivity contribution in [2.45, 2.75) is 19.1 Å². The quantitative estimate of drug-likeness (QED) is 0.930. The Morgan fingerprint density at radius 1 is 1.33 bits per heavy atom. The molecule has 6 nitrogen and oxygen atoms in total. The van der Waals surface area contributed by atoms with Gasteiger partial charge in [0.1, 0.15) is 5.82 Å². The van der Waals surface area contributed by atoms with Crippen LogP contribution < -0.4 is 5.32 Å². The van der Waals surface area contributed by atoms with Crippen molar-refractivity contribution in [1.29, 1.82) is 0 Å². The number of carbonyl (C=O) groups is 1. The Labute approximate surface area is 140 Å². The molecule has 1 aromatic heterocycles. The summed E-state index contributed by atoms with van der Waals surface area (Å²) in [6, 6.07) is 8.55. The molecular formula is C17H22FN5O. The maximum absolute atomic E-state index is 13.1. The Kier molecular flexibility index (Phi) is 4.80. The summed E-state index contributed by atoms with van der Waals surface area (Å²) in [5, 5.41) is 7.31. The van der Waals surface area contributed by atoms with Crippen LogP contribution in [0.25, 0.3) is 0 Å². The molecular weight excluding hydrogens is 309 g/mol. The third kappa shape index (κ3) is 3.73. The predicted octanol–water partition coefficient (Wildman–Crippen LogP) is 1.85. The van der Waals surface area contributed by atoms with Gasteiger partial charge in [0.05, 0.1) is 11.7 Å². The molecule has 7 heteroatoms. The first-order valence-electron chi connectivity index (χ1n) is 7.97. The van der Waals surface area contributed by atoms with Crippen LogP contribution in [-0.2, 0) is 13.1 Å². The lowest BCUT2D eigenvalue weighted by atomic mass is 10.1. The second-order valence-corrected chi connectivity index (χ2v) is 6.30. The average molecular weight is 331 g/mol. The Bertz CT molecular complexity index is 697. The molecule has 1 aliphatic rings. The topological polar surface area (TPSA) is 53.4 Å². The first-order valence-corrected chi connectivity index (χ1v) is 7.97. The van der Waals surface area contributed by atoms with Crippen LogP contribution in [0, 0.1) is 5.82 Å². The highest BCUT2D eigenvalue weighted by atomic mass is 19.1. The Hall–Kier alpha value is -2.41. The van der Waals surface area contributed by atoms with Crippen LogP contribution in [0.3, 0.4) is 0 Å². The van der Waals surface area contributed by atoms with Crippen molar-refractivity contribution < 1.29 is 9.18 Å². The molecule has 0 aliphatic carbocycles. The Balaban J connectivity index is 1.68. The van der Waals surface area contributed by atoms with E-state index >= 15 is 0 Å². The van der Waals surface area contributed by atoms with E-state index in [0.29, 0.717) is 6.54 Å². The van der Waals surface area contributed by atoms with Crippen molar-refractivity contribution in [2.75, 3.05) is 27.2 Å². The van der Waals surface area contributed by atoms with Crippen molar-refractivity contribution in [3.8, 4) is 0 Å². The maximum atomic E-state index is 13.1. The summed E-state index contributed by atoms with van der Waals surface area (Å²) in [4.78, 5) is 15.6. The van der Waals surface area contributed by atoms with E-state index in [1.807, 2.05) is 22.9 Å². The van der Waals surface area contributed by atoms with Gasteiger partial charge >= 0.3 is 6.03 Å².